The van der Waals surface area contributed by atoms with Crippen LogP contribution in [-0.2, 0) is 6.54 Å². The second-order valence-corrected chi connectivity index (χ2v) is 5.98. The summed E-state index contributed by atoms with van der Waals surface area (Å²) >= 11 is 6.43. The van der Waals surface area contributed by atoms with Crippen LogP contribution >= 0.6 is 11.6 Å². The molecule has 0 atom stereocenters. The van der Waals surface area contributed by atoms with Crippen LogP contribution in [0.1, 0.15) is 31.7 Å². The summed E-state index contributed by atoms with van der Waals surface area (Å²) in [6, 6.07) is 6.35. The zero-order valence-electron chi connectivity index (χ0n) is 12.2. The van der Waals surface area contributed by atoms with Crippen LogP contribution in [0.2, 0.25) is 5.02 Å². The number of nitrogens with one attached hydrogen (secondary N) is 1. The fraction of sp³-hybridized carbons (Fsp3) is 0.625. The summed E-state index contributed by atoms with van der Waals surface area (Å²) in [5, 5.41) is 13.4. The van der Waals surface area contributed by atoms with Gasteiger partial charge in [0.05, 0.1) is 10.7 Å². The number of hydrogen-bond acceptors (Lipinski definition) is 3. The van der Waals surface area contributed by atoms with Crippen molar-refractivity contribution in [1.29, 1.82) is 0 Å². The summed E-state index contributed by atoms with van der Waals surface area (Å²) in [5.41, 5.74) is 2.36. The van der Waals surface area contributed by atoms with Gasteiger partial charge in [0.2, 0.25) is 0 Å². The maximum atomic E-state index is 9.19. The molecule has 2 N–H and O–H groups in total. The molecule has 0 saturated carbocycles. The number of aliphatic hydroxyl groups is 1. The van der Waals surface area contributed by atoms with Crippen molar-refractivity contribution in [2.24, 2.45) is 5.92 Å². The number of hydrogen-bond donors (Lipinski definition) is 2. The van der Waals surface area contributed by atoms with Crippen LogP contribution < -0.4 is 10.2 Å². The number of anilines is 1. The predicted molar refractivity (Wildman–Crippen MR) is 85.5 cm³/mol. The van der Waals surface area contributed by atoms with E-state index in [-0.39, 0.29) is 0 Å². The summed E-state index contributed by atoms with van der Waals surface area (Å²) in [6.45, 7) is 6.36. The van der Waals surface area contributed by atoms with E-state index in [1.165, 1.54) is 5.56 Å². The molecule has 1 aliphatic rings. The lowest BCUT2D eigenvalue weighted by molar-refractivity contribution is 0.203. The number of benzene rings is 1. The summed E-state index contributed by atoms with van der Waals surface area (Å²) < 4.78 is 0. The molecule has 0 amide bonds. The van der Waals surface area contributed by atoms with Crippen LogP contribution in [0.5, 0.6) is 0 Å². The zero-order chi connectivity index (χ0) is 14.4. The van der Waals surface area contributed by atoms with Gasteiger partial charge in [-0.15, -0.1) is 0 Å². The molecule has 0 unspecified atom stereocenters. The average molecular weight is 297 g/mol. The van der Waals surface area contributed by atoms with E-state index >= 15 is 0 Å². The lowest BCUT2D eigenvalue weighted by Gasteiger charge is -2.33. The van der Waals surface area contributed by atoms with Crippen molar-refractivity contribution in [2.45, 2.75) is 32.7 Å². The molecule has 1 heterocycles. The van der Waals surface area contributed by atoms with Crippen molar-refractivity contribution < 1.29 is 5.11 Å². The van der Waals surface area contributed by atoms with Gasteiger partial charge in [0.15, 0.2) is 0 Å². The molecule has 0 aromatic heterocycles. The SMILES string of the molecule is CCCNCc1ccc(N2CCC(CO)CC2)c(Cl)c1. The highest BCUT2D eigenvalue weighted by Gasteiger charge is 2.20. The van der Waals surface area contributed by atoms with E-state index < -0.39 is 0 Å². The highest BCUT2D eigenvalue weighted by Crippen LogP contribution is 2.30. The van der Waals surface area contributed by atoms with E-state index in [2.05, 4.69) is 35.3 Å². The van der Waals surface area contributed by atoms with Crippen LogP contribution in [0, 0.1) is 5.92 Å². The highest BCUT2D eigenvalue weighted by molar-refractivity contribution is 6.33. The first-order valence-electron chi connectivity index (χ1n) is 7.59. The van der Waals surface area contributed by atoms with Gasteiger partial charge in [-0.2, -0.15) is 0 Å². The minimum atomic E-state index is 0.309. The predicted octanol–water partition coefficient (Wildman–Crippen LogP) is 3.05. The topological polar surface area (TPSA) is 35.5 Å². The molecule has 1 aromatic rings. The number of aliphatic hydroxyl groups excluding tert-OH is 1. The molecular weight excluding hydrogens is 272 g/mol. The van der Waals surface area contributed by atoms with E-state index in [0.717, 1.165) is 56.2 Å². The fourth-order valence-corrected chi connectivity index (χ4v) is 3.01. The monoisotopic (exact) mass is 296 g/mol. The lowest BCUT2D eigenvalue weighted by atomic mass is 9.97. The number of rotatable bonds is 6. The van der Waals surface area contributed by atoms with Crippen molar-refractivity contribution in [2.75, 3.05) is 31.1 Å². The van der Waals surface area contributed by atoms with Gasteiger partial charge in [0, 0.05) is 26.2 Å². The van der Waals surface area contributed by atoms with E-state index in [0.29, 0.717) is 12.5 Å². The van der Waals surface area contributed by atoms with E-state index in [1.54, 1.807) is 0 Å². The van der Waals surface area contributed by atoms with Crippen molar-refractivity contribution in [3.05, 3.63) is 28.8 Å². The van der Waals surface area contributed by atoms with Crippen LogP contribution in [0.15, 0.2) is 18.2 Å². The minimum Gasteiger partial charge on any atom is -0.396 e. The highest BCUT2D eigenvalue weighted by atomic mass is 35.5. The summed E-state index contributed by atoms with van der Waals surface area (Å²) in [5.74, 6) is 0.461. The van der Waals surface area contributed by atoms with E-state index in [9.17, 15) is 5.11 Å². The Morgan fingerprint density at radius 1 is 1.35 bits per heavy atom. The molecule has 0 aliphatic carbocycles. The maximum Gasteiger partial charge on any atom is 0.0642 e. The van der Waals surface area contributed by atoms with Crippen molar-refractivity contribution >= 4 is 17.3 Å². The standard InChI is InChI=1S/C16H25ClN2O/c1-2-7-18-11-14-3-4-16(15(17)10-14)19-8-5-13(12-20)6-9-19/h3-4,10,13,18,20H,2,5-9,11-12H2,1H3. The van der Waals surface area contributed by atoms with Gasteiger partial charge in [-0.3, -0.25) is 0 Å². The van der Waals surface area contributed by atoms with Crippen molar-refractivity contribution in [3.63, 3.8) is 0 Å². The van der Waals surface area contributed by atoms with Crippen molar-refractivity contribution in [1.82, 2.24) is 5.32 Å². The largest absolute Gasteiger partial charge is 0.396 e. The molecule has 3 nitrogen and oxygen atoms in total. The van der Waals surface area contributed by atoms with E-state index in [4.69, 9.17) is 11.6 Å². The fourth-order valence-electron chi connectivity index (χ4n) is 2.68. The molecule has 2 rings (SSSR count). The van der Waals surface area contributed by atoms with Gasteiger partial charge in [-0.05, 0) is 49.4 Å². The quantitative estimate of drug-likeness (QED) is 0.792. The number of nitrogens with zero attached hydrogens (tertiary/aromatic N) is 1. The molecule has 0 spiro atoms. The molecule has 0 radical (unpaired) electrons. The van der Waals surface area contributed by atoms with E-state index in [1.807, 2.05) is 0 Å². The molecule has 0 bridgehead atoms. The molecule has 1 fully saturated rings. The van der Waals surface area contributed by atoms with Gasteiger partial charge in [-0.25, -0.2) is 0 Å². The molecular formula is C16H25ClN2O. The van der Waals surface area contributed by atoms with Gasteiger partial charge >= 0.3 is 0 Å². The molecule has 1 aliphatic heterocycles. The van der Waals surface area contributed by atoms with Gasteiger partial charge in [0.1, 0.15) is 0 Å². The average Bonchev–Trinajstić information content (AvgIpc) is 2.48. The third kappa shape index (κ3) is 4.11. The first kappa shape index (κ1) is 15.6. The van der Waals surface area contributed by atoms with Gasteiger partial charge in [0.25, 0.3) is 0 Å². The first-order valence-corrected chi connectivity index (χ1v) is 7.97. The normalized spacial score (nSPS) is 16.6. The molecule has 1 aromatic carbocycles. The van der Waals surface area contributed by atoms with Gasteiger partial charge < -0.3 is 15.3 Å². The number of piperidine rings is 1. The Balaban J connectivity index is 1.95. The first-order chi connectivity index (χ1) is 9.74. The van der Waals surface area contributed by atoms with Crippen LogP contribution in [0.25, 0.3) is 0 Å². The zero-order valence-corrected chi connectivity index (χ0v) is 13.0. The third-order valence-electron chi connectivity index (χ3n) is 3.98. The third-order valence-corrected chi connectivity index (χ3v) is 4.28. The Hall–Kier alpha value is -0.770. The molecule has 20 heavy (non-hydrogen) atoms. The second kappa shape index (κ2) is 7.87. The molecule has 112 valence electrons. The van der Waals surface area contributed by atoms with Crippen LogP contribution in [-0.4, -0.2) is 31.3 Å². The lowest BCUT2D eigenvalue weighted by Crippen LogP contribution is -2.34. The Labute approximate surface area is 126 Å². The number of halogens is 1. The minimum absolute atomic E-state index is 0.309. The Bertz CT molecular complexity index is 417. The Morgan fingerprint density at radius 2 is 2.10 bits per heavy atom. The van der Waals surface area contributed by atoms with Crippen LogP contribution in [0.3, 0.4) is 0 Å². The second-order valence-electron chi connectivity index (χ2n) is 5.58. The Kier molecular flexibility index (Phi) is 6.14. The summed E-state index contributed by atoms with van der Waals surface area (Å²) in [4.78, 5) is 2.33. The molecule has 1 saturated heterocycles. The molecule has 4 heteroatoms. The summed E-state index contributed by atoms with van der Waals surface area (Å²) in [6.07, 6.45) is 3.24. The summed E-state index contributed by atoms with van der Waals surface area (Å²) in [7, 11) is 0. The smallest absolute Gasteiger partial charge is 0.0642 e. The van der Waals surface area contributed by atoms with Crippen LogP contribution in [0.4, 0.5) is 5.69 Å². The maximum absolute atomic E-state index is 9.19. The van der Waals surface area contributed by atoms with Crippen molar-refractivity contribution in [3.8, 4) is 0 Å². The van der Waals surface area contributed by atoms with Gasteiger partial charge in [-0.1, -0.05) is 24.6 Å². The Morgan fingerprint density at radius 3 is 2.70 bits per heavy atom.